The molecule has 214 valence electrons. The van der Waals surface area contributed by atoms with Crippen molar-refractivity contribution >= 4 is 40.5 Å². The quantitative estimate of drug-likeness (QED) is 0.307. The van der Waals surface area contributed by atoms with Gasteiger partial charge in [0, 0.05) is 42.5 Å². The molecule has 0 saturated carbocycles. The molecule has 0 atom stereocenters. The van der Waals surface area contributed by atoms with Crippen LogP contribution < -0.4 is 4.90 Å². The highest BCUT2D eigenvalue weighted by atomic mass is 35.5. The van der Waals surface area contributed by atoms with Gasteiger partial charge in [0.25, 0.3) is 5.91 Å². The molecule has 1 N–H and O–H groups in total. The van der Waals surface area contributed by atoms with Crippen molar-refractivity contribution in [1.29, 1.82) is 0 Å². The van der Waals surface area contributed by atoms with E-state index in [0.717, 1.165) is 5.56 Å². The van der Waals surface area contributed by atoms with Crippen LogP contribution in [0.5, 0.6) is 0 Å². The Kier molecular flexibility index (Phi) is 7.01. The highest BCUT2D eigenvalue weighted by Crippen LogP contribution is 2.36. The van der Waals surface area contributed by atoms with Gasteiger partial charge in [-0.1, -0.05) is 38.4 Å². The van der Waals surface area contributed by atoms with Gasteiger partial charge in [0.1, 0.15) is 11.3 Å². The topological polar surface area (TPSA) is 113 Å². The third kappa shape index (κ3) is 5.48. The Morgan fingerprint density at radius 3 is 2.44 bits per heavy atom. The minimum absolute atomic E-state index is 0.0288. The minimum Gasteiger partial charge on any atom is -0.477 e. The molecule has 0 unspecified atom stereocenters. The lowest BCUT2D eigenvalue weighted by atomic mass is 9.86. The Hall–Kier alpha value is -4.05. The third-order valence-electron chi connectivity index (χ3n) is 7.20. The first-order chi connectivity index (χ1) is 19.1. The van der Waals surface area contributed by atoms with Gasteiger partial charge < -0.3 is 19.3 Å². The summed E-state index contributed by atoms with van der Waals surface area (Å²) >= 11 is 5.89. The fourth-order valence-electron chi connectivity index (χ4n) is 5.13. The third-order valence-corrected chi connectivity index (χ3v) is 7.51. The van der Waals surface area contributed by atoms with Crippen LogP contribution in [-0.2, 0) is 5.41 Å². The Morgan fingerprint density at radius 1 is 1.07 bits per heavy atom. The summed E-state index contributed by atoms with van der Waals surface area (Å²) < 4.78 is 20.4. The van der Waals surface area contributed by atoms with Gasteiger partial charge in [-0.05, 0) is 50.5 Å². The molecule has 0 radical (unpaired) electrons. The maximum atomic E-state index is 14.2. The van der Waals surface area contributed by atoms with Crippen LogP contribution in [0, 0.1) is 12.7 Å². The molecule has 3 aromatic heterocycles. The van der Waals surface area contributed by atoms with Gasteiger partial charge >= 0.3 is 5.97 Å². The number of carbonyl (C=O) groups excluding carboxylic acids is 1. The number of piperazine rings is 1. The Labute approximate surface area is 242 Å². The Morgan fingerprint density at radius 2 is 1.80 bits per heavy atom. The van der Waals surface area contributed by atoms with E-state index < -0.39 is 17.3 Å². The van der Waals surface area contributed by atoms with E-state index >= 15 is 0 Å². The van der Waals surface area contributed by atoms with Crippen molar-refractivity contribution in [2.45, 2.75) is 52.5 Å². The molecule has 0 spiro atoms. The number of aryl methyl sites for hydroxylation is 1. The first kappa shape index (κ1) is 28.5. The zero-order valence-corrected chi connectivity index (χ0v) is 24.5. The maximum absolute atomic E-state index is 14.2. The van der Waals surface area contributed by atoms with Crippen molar-refractivity contribution in [1.82, 2.24) is 19.9 Å². The fourth-order valence-corrected chi connectivity index (χ4v) is 5.24. The SMILES string of the molecule is Cc1cc(C(=O)O)nc(N2CCN(C(=O)c3cc4nc(-c5ccc(Cl)c(F)c5)cc(C(C)(C)C)c4o3)C(C)(C)C2)n1. The first-order valence-electron chi connectivity index (χ1n) is 13.2. The van der Waals surface area contributed by atoms with Crippen molar-refractivity contribution in [2.75, 3.05) is 24.5 Å². The highest BCUT2D eigenvalue weighted by Gasteiger charge is 2.39. The molecule has 1 aromatic carbocycles. The smallest absolute Gasteiger partial charge is 0.354 e. The molecule has 1 saturated heterocycles. The lowest BCUT2D eigenvalue weighted by Crippen LogP contribution is -2.61. The molecule has 0 aliphatic carbocycles. The average molecular weight is 580 g/mol. The van der Waals surface area contributed by atoms with Gasteiger partial charge in [-0.2, -0.15) is 0 Å². The largest absolute Gasteiger partial charge is 0.477 e. The van der Waals surface area contributed by atoms with E-state index in [-0.39, 0.29) is 27.8 Å². The summed E-state index contributed by atoms with van der Waals surface area (Å²) in [5, 5.41) is 9.44. The number of hydrogen-bond acceptors (Lipinski definition) is 7. The minimum atomic E-state index is -1.12. The number of amides is 1. The molecule has 4 heterocycles. The second kappa shape index (κ2) is 10.1. The monoisotopic (exact) mass is 579 g/mol. The standard InChI is InChI=1S/C30H31ClFN5O4/c1-16-11-23(27(39)40)35-28(33-16)36-9-10-37(30(5,6)15-36)26(38)24-14-22-25(41-24)18(29(2,3)4)13-21(34-22)17-7-8-19(31)20(32)12-17/h7-8,11-14H,9-10,15H2,1-6H3,(H,39,40). The van der Waals surface area contributed by atoms with Crippen LogP contribution >= 0.6 is 11.6 Å². The number of furan rings is 1. The second-order valence-electron chi connectivity index (χ2n) is 11.9. The molecule has 1 aliphatic heterocycles. The van der Waals surface area contributed by atoms with Gasteiger partial charge in [-0.3, -0.25) is 4.79 Å². The van der Waals surface area contributed by atoms with E-state index in [4.69, 9.17) is 21.0 Å². The number of anilines is 1. The van der Waals surface area contributed by atoms with Gasteiger partial charge in [-0.15, -0.1) is 0 Å². The summed E-state index contributed by atoms with van der Waals surface area (Å²) in [6.07, 6.45) is 0. The molecular weight excluding hydrogens is 549 g/mol. The molecule has 1 fully saturated rings. The predicted octanol–water partition coefficient (Wildman–Crippen LogP) is 6.12. The van der Waals surface area contributed by atoms with Crippen LogP contribution in [0.25, 0.3) is 22.4 Å². The zero-order chi connectivity index (χ0) is 29.9. The van der Waals surface area contributed by atoms with E-state index in [1.54, 1.807) is 24.0 Å². The van der Waals surface area contributed by atoms with Crippen LogP contribution in [0.1, 0.15) is 66.9 Å². The molecular formula is C30H31ClFN5O4. The fraction of sp³-hybridized carbons (Fsp3) is 0.367. The summed E-state index contributed by atoms with van der Waals surface area (Å²) in [5.41, 5.74) is 2.41. The van der Waals surface area contributed by atoms with Crippen LogP contribution in [-0.4, -0.2) is 62.0 Å². The van der Waals surface area contributed by atoms with E-state index in [9.17, 15) is 19.1 Å². The van der Waals surface area contributed by atoms with Crippen molar-refractivity contribution in [3.05, 3.63) is 69.9 Å². The van der Waals surface area contributed by atoms with E-state index in [2.05, 4.69) is 9.97 Å². The van der Waals surface area contributed by atoms with Gasteiger partial charge in [0.15, 0.2) is 17.0 Å². The van der Waals surface area contributed by atoms with E-state index in [0.29, 0.717) is 53.6 Å². The van der Waals surface area contributed by atoms with Crippen molar-refractivity contribution in [3.8, 4) is 11.3 Å². The van der Waals surface area contributed by atoms with Crippen molar-refractivity contribution < 1.29 is 23.5 Å². The number of nitrogens with zero attached hydrogens (tertiary/aromatic N) is 5. The molecule has 1 aliphatic rings. The van der Waals surface area contributed by atoms with Crippen LogP contribution in [0.2, 0.25) is 5.02 Å². The van der Waals surface area contributed by atoms with Crippen LogP contribution in [0.3, 0.4) is 0 Å². The van der Waals surface area contributed by atoms with E-state index in [1.165, 1.54) is 18.2 Å². The number of aromatic carboxylic acids is 1. The van der Waals surface area contributed by atoms with Crippen molar-refractivity contribution in [3.63, 3.8) is 0 Å². The Bertz CT molecular complexity index is 1690. The number of fused-ring (bicyclic) bond motifs is 1. The number of benzene rings is 1. The summed E-state index contributed by atoms with van der Waals surface area (Å²) in [4.78, 5) is 42.3. The van der Waals surface area contributed by atoms with Gasteiger partial charge in [-0.25, -0.2) is 24.1 Å². The molecule has 0 bridgehead atoms. The number of rotatable bonds is 4. The van der Waals surface area contributed by atoms with Gasteiger partial charge in [0.05, 0.1) is 16.3 Å². The van der Waals surface area contributed by atoms with Crippen LogP contribution in [0.15, 0.2) is 40.8 Å². The summed E-state index contributed by atoms with van der Waals surface area (Å²) in [5.74, 6) is -1.48. The molecule has 41 heavy (non-hydrogen) atoms. The molecule has 5 rings (SSSR count). The van der Waals surface area contributed by atoms with Gasteiger partial charge in [0.2, 0.25) is 5.95 Å². The van der Waals surface area contributed by atoms with E-state index in [1.807, 2.05) is 45.6 Å². The van der Waals surface area contributed by atoms with Crippen molar-refractivity contribution in [2.24, 2.45) is 0 Å². The normalized spacial score (nSPS) is 15.4. The summed E-state index contributed by atoms with van der Waals surface area (Å²) in [7, 11) is 0. The number of pyridine rings is 1. The lowest BCUT2D eigenvalue weighted by molar-refractivity contribution is 0.0482. The first-order valence-corrected chi connectivity index (χ1v) is 13.6. The maximum Gasteiger partial charge on any atom is 0.354 e. The molecule has 9 nitrogen and oxygen atoms in total. The number of carboxylic acid groups (broad SMARTS) is 1. The van der Waals surface area contributed by atoms with Crippen LogP contribution in [0.4, 0.5) is 10.3 Å². The predicted molar refractivity (Wildman–Crippen MR) is 154 cm³/mol. The zero-order valence-electron chi connectivity index (χ0n) is 23.7. The number of carboxylic acids is 1. The lowest BCUT2D eigenvalue weighted by Gasteiger charge is -2.46. The second-order valence-corrected chi connectivity index (χ2v) is 12.4. The Balaban J connectivity index is 1.48. The highest BCUT2D eigenvalue weighted by molar-refractivity contribution is 6.30. The summed E-state index contributed by atoms with van der Waals surface area (Å²) in [6, 6.07) is 9.46. The number of halogens is 2. The molecule has 1 amide bonds. The average Bonchev–Trinajstić information content (AvgIpc) is 3.32. The number of aromatic nitrogens is 3. The summed E-state index contributed by atoms with van der Waals surface area (Å²) in [6.45, 7) is 12.8. The molecule has 11 heteroatoms. The number of carbonyl (C=O) groups is 2. The molecule has 4 aromatic rings. The number of hydrogen-bond donors (Lipinski definition) is 1.